The van der Waals surface area contributed by atoms with E-state index in [0.29, 0.717) is 12.6 Å². The predicted octanol–water partition coefficient (Wildman–Crippen LogP) is 1.23. The van der Waals surface area contributed by atoms with Crippen molar-refractivity contribution in [1.82, 2.24) is 4.98 Å². The molecular weight excluding hydrogens is 242 g/mol. The number of piperidine rings is 1. The highest BCUT2D eigenvalue weighted by atomic mass is 16.3. The molecule has 1 aromatic rings. The van der Waals surface area contributed by atoms with Crippen LogP contribution in [0.4, 0.5) is 5.82 Å². The lowest BCUT2D eigenvalue weighted by molar-refractivity contribution is -0.122. The van der Waals surface area contributed by atoms with Crippen LogP contribution in [0.25, 0.3) is 0 Å². The third kappa shape index (κ3) is 2.87. The summed E-state index contributed by atoms with van der Waals surface area (Å²) in [6, 6.07) is 3.97. The van der Waals surface area contributed by atoms with E-state index in [2.05, 4.69) is 16.8 Å². The maximum atomic E-state index is 11.4. The Kier molecular flexibility index (Phi) is 4.04. The fraction of sp³-hybridized carbons (Fsp3) is 0.571. The van der Waals surface area contributed by atoms with Crippen LogP contribution in [0.15, 0.2) is 18.3 Å². The summed E-state index contributed by atoms with van der Waals surface area (Å²) in [6.07, 6.45) is 2.86. The first-order valence-electron chi connectivity index (χ1n) is 6.69. The number of aromatic nitrogens is 1. The maximum absolute atomic E-state index is 11.4. The van der Waals surface area contributed by atoms with E-state index in [0.717, 1.165) is 24.2 Å². The van der Waals surface area contributed by atoms with E-state index in [4.69, 9.17) is 5.73 Å². The summed E-state index contributed by atoms with van der Waals surface area (Å²) >= 11 is 0. The minimum atomic E-state index is -0.579. The molecule has 3 unspecified atom stereocenters. The summed E-state index contributed by atoms with van der Waals surface area (Å²) in [5.41, 5.74) is 6.21. The van der Waals surface area contributed by atoms with Crippen LogP contribution in [0.1, 0.15) is 38.4 Å². The Morgan fingerprint density at radius 1 is 1.58 bits per heavy atom. The molecule has 0 aliphatic carbocycles. The first-order chi connectivity index (χ1) is 9.00. The molecule has 0 saturated carbocycles. The number of anilines is 1. The lowest BCUT2D eigenvalue weighted by Gasteiger charge is -2.38. The van der Waals surface area contributed by atoms with Gasteiger partial charge in [-0.1, -0.05) is 6.07 Å². The highest BCUT2D eigenvalue weighted by Gasteiger charge is 2.30. The number of primary amides is 1. The highest BCUT2D eigenvalue weighted by molar-refractivity contribution is 5.77. The molecule has 3 atom stereocenters. The van der Waals surface area contributed by atoms with Crippen molar-refractivity contribution in [2.24, 2.45) is 11.7 Å². The summed E-state index contributed by atoms with van der Waals surface area (Å²) < 4.78 is 0. The summed E-state index contributed by atoms with van der Waals surface area (Å²) in [7, 11) is 0. The molecule has 1 aliphatic heterocycles. The molecule has 0 bridgehead atoms. The first kappa shape index (κ1) is 13.8. The molecule has 1 fully saturated rings. The largest absolute Gasteiger partial charge is 0.389 e. The number of hydrogen-bond donors (Lipinski definition) is 2. The monoisotopic (exact) mass is 263 g/mol. The molecule has 1 aliphatic rings. The number of pyridine rings is 1. The van der Waals surface area contributed by atoms with Gasteiger partial charge < -0.3 is 15.7 Å². The summed E-state index contributed by atoms with van der Waals surface area (Å²) in [4.78, 5) is 17.8. The van der Waals surface area contributed by atoms with Gasteiger partial charge >= 0.3 is 0 Å². The zero-order valence-corrected chi connectivity index (χ0v) is 11.4. The van der Waals surface area contributed by atoms with Crippen molar-refractivity contribution in [2.45, 2.75) is 38.8 Å². The molecule has 2 heterocycles. The van der Waals surface area contributed by atoms with Gasteiger partial charge in [0, 0.05) is 24.3 Å². The van der Waals surface area contributed by atoms with Crippen LogP contribution in [-0.4, -0.2) is 28.6 Å². The zero-order valence-electron chi connectivity index (χ0n) is 11.4. The maximum Gasteiger partial charge on any atom is 0.222 e. The van der Waals surface area contributed by atoms with Gasteiger partial charge in [-0.05, 0) is 32.8 Å². The molecule has 0 radical (unpaired) electrons. The predicted molar refractivity (Wildman–Crippen MR) is 73.6 cm³/mol. The van der Waals surface area contributed by atoms with Gasteiger partial charge in [0.25, 0.3) is 0 Å². The number of nitrogens with zero attached hydrogens (tertiary/aromatic N) is 2. The lowest BCUT2D eigenvalue weighted by Crippen LogP contribution is -2.46. The molecule has 5 nitrogen and oxygen atoms in total. The number of carbonyl (C=O) groups is 1. The number of rotatable bonds is 3. The van der Waals surface area contributed by atoms with Crippen molar-refractivity contribution in [3.05, 3.63) is 23.9 Å². The SMILES string of the molecule is CC(O)c1cccnc1N1CC(C(N)=O)CCC1C. The third-order valence-corrected chi connectivity index (χ3v) is 3.82. The zero-order chi connectivity index (χ0) is 14.0. The van der Waals surface area contributed by atoms with Crippen LogP contribution >= 0.6 is 0 Å². The van der Waals surface area contributed by atoms with Crippen molar-refractivity contribution >= 4 is 11.7 Å². The van der Waals surface area contributed by atoms with E-state index < -0.39 is 6.10 Å². The number of carbonyl (C=O) groups excluding carboxylic acids is 1. The van der Waals surface area contributed by atoms with Gasteiger partial charge in [0.2, 0.25) is 5.91 Å². The van der Waals surface area contributed by atoms with E-state index >= 15 is 0 Å². The van der Waals surface area contributed by atoms with Crippen molar-refractivity contribution in [2.75, 3.05) is 11.4 Å². The molecule has 3 N–H and O–H groups in total. The van der Waals surface area contributed by atoms with Gasteiger partial charge in [0.15, 0.2) is 0 Å². The Balaban J connectivity index is 2.31. The second kappa shape index (κ2) is 5.57. The van der Waals surface area contributed by atoms with Crippen LogP contribution < -0.4 is 10.6 Å². The van der Waals surface area contributed by atoms with Crippen LogP contribution in [0, 0.1) is 5.92 Å². The van der Waals surface area contributed by atoms with Gasteiger partial charge in [-0.3, -0.25) is 4.79 Å². The van der Waals surface area contributed by atoms with Crippen LogP contribution in [-0.2, 0) is 4.79 Å². The number of hydrogen-bond acceptors (Lipinski definition) is 4. The van der Waals surface area contributed by atoms with E-state index in [1.54, 1.807) is 13.1 Å². The third-order valence-electron chi connectivity index (χ3n) is 3.82. The van der Waals surface area contributed by atoms with E-state index in [-0.39, 0.29) is 11.8 Å². The fourth-order valence-electron chi connectivity index (χ4n) is 2.61. The van der Waals surface area contributed by atoms with Crippen molar-refractivity contribution < 1.29 is 9.90 Å². The van der Waals surface area contributed by atoms with Gasteiger partial charge in [0.05, 0.1) is 12.0 Å². The smallest absolute Gasteiger partial charge is 0.222 e. The minimum absolute atomic E-state index is 0.139. The van der Waals surface area contributed by atoms with Gasteiger partial charge in [0.1, 0.15) is 5.82 Å². The number of aliphatic hydroxyl groups is 1. The quantitative estimate of drug-likeness (QED) is 0.859. The van der Waals surface area contributed by atoms with Gasteiger partial charge in [-0.2, -0.15) is 0 Å². The second-order valence-corrected chi connectivity index (χ2v) is 5.27. The molecule has 19 heavy (non-hydrogen) atoms. The Hall–Kier alpha value is -1.62. The van der Waals surface area contributed by atoms with E-state index in [9.17, 15) is 9.90 Å². The molecule has 5 heteroatoms. The molecule has 2 rings (SSSR count). The Morgan fingerprint density at radius 2 is 2.32 bits per heavy atom. The number of amides is 1. The molecule has 0 spiro atoms. The molecule has 1 saturated heterocycles. The molecule has 1 amide bonds. The summed E-state index contributed by atoms with van der Waals surface area (Å²) in [6.45, 7) is 4.41. The standard InChI is InChI=1S/C14H21N3O2/c1-9-5-6-11(13(15)19)8-17(9)14-12(10(2)18)4-3-7-16-14/h3-4,7,9-11,18H,5-6,8H2,1-2H3,(H2,15,19). The van der Waals surface area contributed by atoms with Crippen LogP contribution in [0.5, 0.6) is 0 Å². The average molecular weight is 263 g/mol. The Labute approximate surface area is 113 Å². The second-order valence-electron chi connectivity index (χ2n) is 5.27. The fourth-order valence-corrected chi connectivity index (χ4v) is 2.61. The average Bonchev–Trinajstić information content (AvgIpc) is 2.39. The highest BCUT2D eigenvalue weighted by Crippen LogP contribution is 2.31. The Bertz CT molecular complexity index is 462. The summed E-state index contributed by atoms with van der Waals surface area (Å²) in [5, 5.41) is 9.84. The summed E-state index contributed by atoms with van der Waals surface area (Å²) in [5.74, 6) is 0.363. The molecular formula is C14H21N3O2. The van der Waals surface area contributed by atoms with Gasteiger partial charge in [-0.25, -0.2) is 4.98 Å². The Morgan fingerprint density at radius 3 is 2.95 bits per heavy atom. The topological polar surface area (TPSA) is 79.5 Å². The van der Waals surface area contributed by atoms with Crippen LogP contribution in [0.2, 0.25) is 0 Å². The van der Waals surface area contributed by atoms with Gasteiger partial charge in [-0.15, -0.1) is 0 Å². The number of nitrogens with two attached hydrogens (primary N) is 1. The minimum Gasteiger partial charge on any atom is -0.389 e. The molecule has 1 aromatic heterocycles. The van der Waals surface area contributed by atoms with E-state index in [1.165, 1.54) is 0 Å². The van der Waals surface area contributed by atoms with Crippen molar-refractivity contribution in [1.29, 1.82) is 0 Å². The van der Waals surface area contributed by atoms with Crippen molar-refractivity contribution in [3.63, 3.8) is 0 Å². The molecule has 0 aromatic carbocycles. The number of aliphatic hydroxyl groups excluding tert-OH is 1. The lowest BCUT2D eigenvalue weighted by atomic mass is 9.92. The van der Waals surface area contributed by atoms with E-state index in [1.807, 2.05) is 12.1 Å². The van der Waals surface area contributed by atoms with Crippen LogP contribution in [0.3, 0.4) is 0 Å². The molecule has 104 valence electrons. The first-order valence-corrected chi connectivity index (χ1v) is 6.69. The van der Waals surface area contributed by atoms with Crippen molar-refractivity contribution in [3.8, 4) is 0 Å². The normalized spacial score (nSPS) is 25.1.